The third-order valence-electron chi connectivity index (χ3n) is 3.81. The van der Waals surface area contributed by atoms with Crippen molar-refractivity contribution in [3.63, 3.8) is 0 Å². The maximum Gasteiger partial charge on any atom is 0.147 e. The van der Waals surface area contributed by atoms with E-state index in [1.54, 1.807) is 0 Å². The molecule has 1 aliphatic heterocycles. The van der Waals surface area contributed by atoms with Gasteiger partial charge in [-0.25, -0.2) is 9.97 Å². The van der Waals surface area contributed by atoms with Crippen LogP contribution in [0.25, 0.3) is 0 Å². The fraction of sp³-hybridized carbons (Fsp3) is 0.714. The molecular weight excluding hydrogens is 340 g/mol. The van der Waals surface area contributed by atoms with Crippen LogP contribution < -0.4 is 0 Å². The molecule has 0 N–H and O–H groups in total. The molecule has 112 valence electrons. The molecular formula is C14H22BrClN4. The van der Waals surface area contributed by atoms with Crippen LogP contribution in [-0.4, -0.2) is 59.5 Å². The van der Waals surface area contributed by atoms with Gasteiger partial charge in [0, 0.05) is 32.1 Å². The summed E-state index contributed by atoms with van der Waals surface area (Å²) in [4.78, 5) is 13.9. The molecule has 4 nitrogen and oxygen atoms in total. The van der Waals surface area contributed by atoms with Gasteiger partial charge in [0.15, 0.2) is 0 Å². The van der Waals surface area contributed by atoms with E-state index in [4.69, 9.17) is 11.6 Å². The summed E-state index contributed by atoms with van der Waals surface area (Å²) < 4.78 is 0.846. The third kappa shape index (κ3) is 3.91. The Hall–Kier alpha value is -0.230. The van der Waals surface area contributed by atoms with Gasteiger partial charge in [0.1, 0.15) is 11.0 Å². The average Bonchev–Trinajstić information content (AvgIpc) is 2.40. The second kappa shape index (κ2) is 7.16. The van der Waals surface area contributed by atoms with Crippen LogP contribution in [0.15, 0.2) is 4.47 Å². The summed E-state index contributed by atoms with van der Waals surface area (Å²) in [5, 5.41) is 0.533. The fourth-order valence-corrected chi connectivity index (χ4v) is 3.12. The lowest BCUT2D eigenvalue weighted by Crippen LogP contribution is -2.51. The summed E-state index contributed by atoms with van der Waals surface area (Å²) in [5.74, 6) is 0.855. The topological polar surface area (TPSA) is 32.3 Å². The van der Waals surface area contributed by atoms with Crippen molar-refractivity contribution in [1.29, 1.82) is 0 Å². The van der Waals surface area contributed by atoms with E-state index in [-0.39, 0.29) is 0 Å². The number of nitrogens with zero attached hydrogens (tertiary/aromatic N) is 4. The fourth-order valence-electron chi connectivity index (χ4n) is 2.54. The molecule has 20 heavy (non-hydrogen) atoms. The molecule has 0 spiro atoms. The van der Waals surface area contributed by atoms with Crippen LogP contribution >= 0.6 is 27.5 Å². The third-order valence-corrected chi connectivity index (χ3v) is 5.15. The Bertz CT molecular complexity index is 469. The lowest BCUT2D eigenvalue weighted by Gasteiger charge is -2.37. The van der Waals surface area contributed by atoms with Crippen molar-refractivity contribution in [2.24, 2.45) is 0 Å². The molecule has 1 atom stereocenters. The van der Waals surface area contributed by atoms with Crippen LogP contribution in [0.5, 0.6) is 0 Å². The van der Waals surface area contributed by atoms with Crippen LogP contribution in [0.3, 0.4) is 0 Å². The molecule has 1 unspecified atom stereocenters. The molecule has 0 aromatic carbocycles. The Morgan fingerprint density at radius 1 is 1.30 bits per heavy atom. The molecule has 0 radical (unpaired) electrons. The van der Waals surface area contributed by atoms with Gasteiger partial charge in [-0.3, -0.25) is 0 Å². The summed E-state index contributed by atoms with van der Waals surface area (Å²) in [7, 11) is 4.34. The molecule has 2 heterocycles. The number of aromatic nitrogens is 2. The van der Waals surface area contributed by atoms with Crippen molar-refractivity contribution >= 4 is 27.5 Å². The number of aryl methyl sites for hydroxylation is 1. The van der Waals surface area contributed by atoms with Gasteiger partial charge in [-0.15, -0.1) is 0 Å². The van der Waals surface area contributed by atoms with Gasteiger partial charge in [-0.05, 0) is 36.4 Å². The van der Waals surface area contributed by atoms with E-state index in [1.165, 1.54) is 0 Å². The van der Waals surface area contributed by atoms with Gasteiger partial charge >= 0.3 is 0 Å². The first-order chi connectivity index (χ1) is 9.51. The summed E-state index contributed by atoms with van der Waals surface area (Å²) in [6.07, 6.45) is 2.83. The molecule has 1 saturated heterocycles. The second-order valence-corrected chi connectivity index (χ2v) is 6.69. The number of hydrogen-bond donors (Lipinski definition) is 0. The zero-order valence-corrected chi connectivity index (χ0v) is 14.7. The van der Waals surface area contributed by atoms with Gasteiger partial charge in [0.25, 0.3) is 0 Å². The van der Waals surface area contributed by atoms with Crippen molar-refractivity contribution in [3.8, 4) is 0 Å². The summed E-state index contributed by atoms with van der Waals surface area (Å²) in [5.41, 5.74) is 1.02. The Labute approximate surface area is 134 Å². The number of hydrogen-bond acceptors (Lipinski definition) is 4. The minimum absolute atomic E-state index is 0.459. The smallest absolute Gasteiger partial charge is 0.147 e. The van der Waals surface area contributed by atoms with Crippen molar-refractivity contribution in [2.45, 2.75) is 32.2 Å². The summed E-state index contributed by atoms with van der Waals surface area (Å²) in [6, 6.07) is 0.459. The standard InChI is InChI=1S/C14H22BrClN4/c1-4-5-11-13(15)14(16)18-12(17-11)8-10-9-19(2)6-7-20(10)3/h10H,4-9H2,1-3H3. The van der Waals surface area contributed by atoms with E-state index in [0.717, 1.165) is 54.9 Å². The van der Waals surface area contributed by atoms with E-state index in [1.807, 2.05) is 0 Å². The molecule has 6 heteroatoms. The quantitative estimate of drug-likeness (QED) is 0.772. The maximum atomic E-state index is 6.22. The molecule has 1 aromatic heterocycles. The maximum absolute atomic E-state index is 6.22. The van der Waals surface area contributed by atoms with Crippen molar-refractivity contribution in [2.75, 3.05) is 33.7 Å². The van der Waals surface area contributed by atoms with Crippen molar-refractivity contribution in [3.05, 3.63) is 21.1 Å². The Balaban J connectivity index is 2.16. The van der Waals surface area contributed by atoms with E-state index < -0.39 is 0 Å². The zero-order valence-electron chi connectivity index (χ0n) is 12.4. The molecule has 2 rings (SSSR count). The number of rotatable bonds is 4. The highest BCUT2D eigenvalue weighted by atomic mass is 79.9. The van der Waals surface area contributed by atoms with Gasteiger partial charge in [-0.2, -0.15) is 0 Å². The lowest BCUT2D eigenvalue weighted by atomic mass is 10.1. The van der Waals surface area contributed by atoms with E-state index in [9.17, 15) is 0 Å². The first-order valence-corrected chi connectivity index (χ1v) is 8.28. The van der Waals surface area contributed by atoms with E-state index in [2.05, 4.69) is 56.7 Å². The normalized spacial score (nSPS) is 21.4. The monoisotopic (exact) mass is 360 g/mol. The Morgan fingerprint density at radius 2 is 2.05 bits per heavy atom. The Kier molecular flexibility index (Phi) is 5.78. The molecule has 0 saturated carbocycles. The van der Waals surface area contributed by atoms with Crippen LogP contribution in [0.4, 0.5) is 0 Å². The number of likely N-dealkylation sites (N-methyl/N-ethyl adjacent to an activating group) is 2. The van der Waals surface area contributed by atoms with Gasteiger partial charge < -0.3 is 9.80 Å². The SMILES string of the molecule is CCCc1nc(CC2CN(C)CCN2C)nc(Cl)c1Br. The molecule has 0 aliphatic carbocycles. The van der Waals surface area contributed by atoms with Crippen LogP contribution in [-0.2, 0) is 12.8 Å². The number of halogens is 2. The highest BCUT2D eigenvalue weighted by Gasteiger charge is 2.24. The zero-order chi connectivity index (χ0) is 14.7. The van der Waals surface area contributed by atoms with Gasteiger partial charge in [0.05, 0.1) is 10.2 Å². The minimum atomic E-state index is 0.459. The van der Waals surface area contributed by atoms with Crippen LogP contribution in [0, 0.1) is 0 Å². The van der Waals surface area contributed by atoms with E-state index in [0.29, 0.717) is 11.2 Å². The van der Waals surface area contributed by atoms with Crippen LogP contribution in [0.2, 0.25) is 5.15 Å². The molecule has 1 aliphatic rings. The van der Waals surface area contributed by atoms with Gasteiger partial charge in [0.2, 0.25) is 0 Å². The molecule has 0 amide bonds. The molecule has 0 bridgehead atoms. The number of piperazine rings is 1. The van der Waals surface area contributed by atoms with Crippen molar-refractivity contribution in [1.82, 2.24) is 19.8 Å². The highest BCUT2D eigenvalue weighted by Crippen LogP contribution is 2.25. The largest absolute Gasteiger partial charge is 0.304 e. The van der Waals surface area contributed by atoms with E-state index >= 15 is 0 Å². The lowest BCUT2D eigenvalue weighted by molar-refractivity contribution is 0.113. The molecule has 1 aromatic rings. The summed E-state index contributed by atoms with van der Waals surface area (Å²) in [6.45, 7) is 5.41. The van der Waals surface area contributed by atoms with Gasteiger partial charge in [-0.1, -0.05) is 24.9 Å². The Morgan fingerprint density at radius 3 is 2.75 bits per heavy atom. The predicted molar refractivity (Wildman–Crippen MR) is 86.4 cm³/mol. The predicted octanol–water partition coefficient (Wildman–Crippen LogP) is 2.63. The first-order valence-electron chi connectivity index (χ1n) is 7.10. The molecule has 1 fully saturated rings. The average molecular weight is 362 g/mol. The van der Waals surface area contributed by atoms with Crippen LogP contribution in [0.1, 0.15) is 24.9 Å². The second-order valence-electron chi connectivity index (χ2n) is 5.54. The minimum Gasteiger partial charge on any atom is -0.304 e. The highest BCUT2D eigenvalue weighted by molar-refractivity contribution is 9.10. The first kappa shape index (κ1) is 16.1. The van der Waals surface area contributed by atoms with Crippen molar-refractivity contribution < 1.29 is 0 Å². The summed E-state index contributed by atoms with van der Waals surface area (Å²) >= 11 is 9.70.